The Morgan fingerprint density at radius 3 is 1.87 bits per heavy atom. The van der Waals surface area contributed by atoms with Gasteiger partial charge in [0.25, 0.3) is 0 Å². The molecule has 0 heterocycles. The van der Waals surface area contributed by atoms with Crippen LogP contribution in [0.3, 0.4) is 0 Å². The molecule has 0 rings (SSSR count). The average molecular weight is 216 g/mol. The molecule has 0 aromatic rings. The van der Waals surface area contributed by atoms with E-state index in [0.717, 1.165) is 19.3 Å². The lowest BCUT2D eigenvalue weighted by Crippen LogP contribution is -2.31. The fourth-order valence-electron chi connectivity index (χ4n) is 2.46. The first-order valence-corrected chi connectivity index (χ1v) is 6.50. The van der Waals surface area contributed by atoms with Crippen molar-refractivity contribution in [3.63, 3.8) is 0 Å². The molecule has 0 spiro atoms. The van der Waals surface area contributed by atoms with Crippen LogP contribution in [-0.2, 0) is 0 Å². The molecule has 0 bridgehead atoms. The third-order valence-corrected chi connectivity index (χ3v) is 4.31. The number of halogens is 1. The van der Waals surface area contributed by atoms with Crippen molar-refractivity contribution in [1.82, 2.24) is 0 Å². The second kappa shape index (κ2) is 5.86. The van der Waals surface area contributed by atoms with E-state index in [1.807, 2.05) is 0 Å². The van der Waals surface area contributed by atoms with E-state index in [0.29, 0.717) is 24.2 Å². The summed E-state index contributed by atoms with van der Waals surface area (Å²) in [5.41, 5.74) is -0.666. The molecular weight excluding hydrogens is 187 g/mol. The van der Waals surface area contributed by atoms with Gasteiger partial charge in [0.1, 0.15) is 5.67 Å². The largest absolute Gasteiger partial charge is 0.244 e. The Hall–Kier alpha value is -0.0700. The minimum atomic E-state index is -0.972. The molecule has 0 aliphatic heterocycles. The predicted octanol–water partition coefficient (Wildman–Crippen LogP) is 5.37. The zero-order valence-electron chi connectivity index (χ0n) is 11.5. The predicted molar refractivity (Wildman–Crippen MR) is 66.9 cm³/mol. The maximum absolute atomic E-state index is 14.1. The third-order valence-electron chi connectivity index (χ3n) is 4.31. The molecule has 92 valence electrons. The molecule has 15 heavy (non-hydrogen) atoms. The lowest BCUT2D eigenvalue weighted by Gasteiger charge is -2.37. The van der Waals surface area contributed by atoms with E-state index in [2.05, 4.69) is 34.6 Å². The van der Waals surface area contributed by atoms with Crippen LogP contribution in [0.4, 0.5) is 4.39 Å². The molecule has 0 N–H and O–H groups in total. The topological polar surface area (TPSA) is 0 Å². The highest BCUT2D eigenvalue weighted by Gasteiger charge is 2.33. The van der Waals surface area contributed by atoms with Crippen LogP contribution in [-0.4, -0.2) is 5.67 Å². The third kappa shape index (κ3) is 4.53. The molecule has 0 radical (unpaired) electrons. The fourth-order valence-corrected chi connectivity index (χ4v) is 2.46. The molecule has 0 saturated carbocycles. The standard InChI is InChI=1S/C14H29F/c1-7-10-14(6,15)11-12(4)13(5,8-2)9-3/h12H,7-11H2,1-6H3/t12?,14-/m0/s1. The zero-order valence-corrected chi connectivity index (χ0v) is 11.5. The molecule has 1 unspecified atom stereocenters. The number of hydrogen-bond donors (Lipinski definition) is 0. The van der Waals surface area contributed by atoms with Gasteiger partial charge in [-0.3, -0.25) is 0 Å². The van der Waals surface area contributed by atoms with Crippen molar-refractivity contribution in [2.75, 3.05) is 0 Å². The maximum Gasteiger partial charge on any atom is 0.108 e. The van der Waals surface area contributed by atoms with Gasteiger partial charge in [-0.1, -0.05) is 53.9 Å². The number of rotatable bonds is 7. The summed E-state index contributed by atoms with van der Waals surface area (Å²) in [6.07, 6.45) is 4.63. The second-order valence-corrected chi connectivity index (χ2v) is 5.63. The normalized spacial score (nSPS) is 18.6. The van der Waals surface area contributed by atoms with Gasteiger partial charge in [0.05, 0.1) is 0 Å². The Morgan fingerprint density at radius 1 is 1.07 bits per heavy atom. The molecule has 0 saturated heterocycles. The molecular formula is C14H29F. The number of hydrogen-bond acceptors (Lipinski definition) is 0. The van der Waals surface area contributed by atoms with Gasteiger partial charge in [-0.2, -0.15) is 0 Å². The molecule has 1 heteroatoms. The summed E-state index contributed by atoms with van der Waals surface area (Å²) in [5, 5.41) is 0. The highest BCUT2D eigenvalue weighted by atomic mass is 19.1. The summed E-state index contributed by atoms with van der Waals surface area (Å²) < 4.78 is 14.1. The van der Waals surface area contributed by atoms with Gasteiger partial charge in [-0.15, -0.1) is 0 Å². The summed E-state index contributed by atoms with van der Waals surface area (Å²) >= 11 is 0. The van der Waals surface area contributed by atoms with Gasteiger partial charge in [0.2, 0.25) is 0 Å². The van der Waals surface area contributed by atoms with Crippen LogP contribution in [0.1, 0.15) is 73.6 Å². The van der Waals surface area contributed by atoms with Gasteiger partial charge in [0.15, 0.2) is 0 Å². The molecule has 0 fully saturated rings. The Kier molecular flexibility index (Phi) is 5.84. The summed E-state index contributed by atoms with van der Waals surface area (Å²) in [4.78, 5) is 0. The van der Waals surface area contributed by atoms with Crippen molar-refractivity contribution in [2.24, 2.45) is 11.3 Å². The Bertz CT molecular complexity index is 168. The van der Waals surface area contributed by atoms with E-state index in [4.69, 9.17) is 0 Å². The minimum Gasteiger partial charge on any atom is -0.244 e. The molecule has 0 amide bonds. The second-order valence-electron chi connectivity index (χ2n) is 5.63. The molecule has 0 aliphatic rings. The first-order chi connectivity index (χ1) is 6.81. The van der Waals surface area contributed by atoms with E-state index < -0.39 is 5.67 Å². The first-order valence-electron chi connectivity index (χ1n) is 6.50. The van der Waals surface area contributed by atoms with Gasteiger partial charge in [0, 0.05) is 0 Å². The zero-order chi connectivity index (χ0) is 12.1. The molecule has 0 aliphatic carbocycles. The van der Waals surface area contributed by atoms with Crippen LogP contribution in [0.2, 0.25) is 0 Å². The maximum atomic E-state index is 14.1. The summed E-state index contributed by atoms with van der Waals surface area (Å²) in [7, 11) is 0. The van der Waals surface area contributed by atoms with Crippen LogP contribution in [0.15, 0.2) is 0 Å². The van der Waals surface area contributed by atoms with Crippen molar-refractivity contribution in [1.29, 1.82) is 0 Å². The van der Waals surface area contributed by atoms with E-state index in [9.17, 15) is 4.39 Å². The van der Waals surface area contributed by atoms with Crippen molar-refractivity contribution >= 4 is 0 Å². The highest BCUT2D eigenvalue weighted by Crippen LogP contribution is 2.40. The van der Waals surface area contributed by atoms with Gasteiger partial charge in [-0.25, -0.2) is 4.39 Å². The van der Waals surface area contributed by atoms with E-state index >= 15 is 0 Å². The lowest BCUT2D eigenvalue weighted by molar-refractivity contribution is 0.0760. The van der Waals surface area contributed by atoms with Crippen molar-refractivity contribution in [3.8, 4) is 0 Å². The van der Waals surface area contributed by atoms with Crippen molar-refractivity contribution in [3.05, 3.63) is 0 Å². The summed E-state index contributed by atoms with van der Waals surface area (Å²) in [6, 6.07) is 0. The SMILES string of the molecule is CCC[C@](C)(F)CC(C)C(C)(CC)CC. The van der Waals surface area contributed by atoms with Crippen LogP contribution >= 0.6 is 0 Å². The Labute approximate surface area is 95.6 Å². The lowest BCUT2D eigenvalue weighted by atomic mass is 9.70. The molecule has 0 aromatic carbocycles. The van der Waals surface area contributed by atoms with Gasteiger partial charge in [-0.05, 0) is 31.1 Å². The fraction of sp³-hybridized carbons (Fsp3) is 1.00. The van der Waals surface area contributed by atoms with Crippen LogP contribution < -0.4 is 0 Å². The Morgan fingerprint density at radius 2 is 1.53 bits per heavy atom. The van der Waals surface area contributed by atoms with Crippen molar-refractivity contribution in [2.45, 2.75) is 79.3 Å². The number of alkyl halides is 1. The van der Waals surface area contributed by atoms with Crippen LogP contribution in [0, 0.1) is 11.3 Å². The van der Waals surface area contributed by atoms with Gasteiger partial charge < -0.3 is 0 Å². The molecule has 0 nitrogen and oxygen atoms in total. The van der Waals surface area contributed by atoms with Gasteiger partial charge >= 0.3 is 0 Å². The quantitative estimate of drug-likeness (QED) is 0.537. The Balaban J connectivity index is 4.39. The smallest absolute Gasteiger partial charge is 0.108 e. The molecule has 0 aromatic heterocycles. The summed E-state index contributed by atoms with van der Waals surface area (Å²) in [5.74, 6) is 0.467. The first kappa shape index (κ1) is 14.9. The van der Waals surface area contributed by atoms with E-state index in [-0.39, 0.29) is 0 Å². The van der Waals surface area contributed by atoms with Crippen LogP contribution in [0.5, 0.6) is 0 Å². The van der Waals surface area contributed by atoms with Crippen LogP contribution in [0.25, 0.3) is 0 Å². The monoisotopic (exact) mass is 216 g/mol. The summed E-state index contributed by atoms with van der Waals surface area (Å²) in [6.45, 7) is 12.8. The van der Waals surface area contributed by atoms with E-state index in [1.165, 1.54) is 0 Å². The van der Waals surface area contributed by atoms with E-state index in [1.54, 1.807) is 6.92 Å². The highest BCUT2D eigenvalue weighted by molar-refractivity contribution is 4.84. The minimum absolute atomic E-state index is 0.307. The average Bonchev–Trinajstić information content (AvgIpc) is 2.15. The molecule has 2 atom stereocenters. The van der Waals surface area contributed by atoms with Crippen molar-refractivity contribution < 1.29 is 4.39 Å².